The maximum atomic E-state index is 12.9. The lowest BCUT2D eigenvalue weighted by Gasteiger charge is -2.11. The number of methoxy groups -OCH3 is 1. The zero-order chi connectivity index (χ0) is 21.5. The number of benzene rings is 3. The van der Waals surface area contributed by atoms with E-state index in [1.807, 2.05) is 12.1 Å². The quantitative estimate of drug-likeness (QED) is 0.584. The van der Waals surface area contributed by atoms with Crippen molar-refractivity contribution in [2.45, 2.75) is 0 Å². The van der Waals surface area contributed by atoms with Gasteiger partial charge in [0.15, 0.2) is 6.61 Å². The van der Waals surface area contributed by atoms with E-state index in [2.05, 4.69) is 10.6 Å². The fraction of sp³-hybridized carbons (Fsp3) is 0.136. The van der Waals surface area contributed by atoms with Gasteiger partial charge in [-0.15, -0.1) is 0 Å². The summed E-state index contributed by atoms with van der Waals surface area (Å²) in [7, 11) is 1.54. The molecule has 154 valence electrons. The van der Waals surface area contributed by atoms with Gasteiger partial charge in [-0.05, 0) is 41.8 Å². The molecule has 0 aliphatic heterocycles. The summed E-state index contributed by atoms with van der Waals surface area (Å²) in [4.78, 5) is 36.2. The number of hydrogen-bond donors (Lipinski definition) is 2. The Balaban J connectivity index is 1.52. The molecule has 0 aromatic heterocycles. The van der Waals surface area contributed by atoms with Crippen LogP contribution in [0.1, 0.15) is 10.4 Å². The van der Waals surface area contributed by atoms with E-state index in [1.165, 1.54) is 31.4 Å². The fourth-order valence-electron chi connectivity index (χ4n) is 2.80. The van der Waals surface area contributed by atoms with Crippen LogP contribution >= 0.6 is 0 Å². The lowest BCUT2D eigenvalue weighted by molar-refractivity contribution is -0.126. The Hall–Kier alpha value is -3.94. The number of amides is 2. The first-order valence-corrected chi connectivity index (χ1v) is 9.03. The highest BCUT2D eigenvalue weighted by atomic mass is 19.1. The fourth-order valence-corrected chi connectivity index (χ4v) is 2.80. The summed E-state index contributed by atoms with van der Waals surface area (Å²) >= 11 is 0. The molecular formula is C22H19FN2O5. The van der Waals surface area contributed by atoms with Crippen molar-refractivity contribution >= 4 is 34.2 Å². The summed E-state index contributed by atoms with van der Waals surface area (Å²) in [5, 5.41) is 6.25. The minimum absolute atomic E-state index is 0.299. The van der Waals surface area contributed by atoms with Crippen LogP contribution in [0, 0.1) is 5.82 Å². The largest absolute Gasteiger partial charge is 0.496 e. The van der Waals surface area contributed by atoms with Crippen molar-refractivity contribution in [2.75, 3.05) is 25.6 Å². The van der Waals surface area contributed by atoms with Gasteiger partial charge in [0.1, 0.15) is 11.6 Å². The van der Waals surface area contributed by atoms with Crippen LogP contribution in [0.25, 0.3) is 10.8 Å². The Labute approximate surface area is 171 Å². The highest BCUT2D eigenvalue weighted by Crippen LogP contribution is 2.28. The van der Waals surface area contributed by atoms with Crippen molar-refractivity contribution in [2.24, 2.45) is 0 Å². The lowest BCUT2D eigenvalue weighted by Crippen LogP contribution is -2.35. The van der Waals surface area contributed by atoms with Crippen LogP contribution in [0.5, 0.6) is 5.75 Å². The predicted octanol–water partition coefficient (Wildman–Crippen LogP) is 2.90. The van der Waals surface area contributed by atoms with Crippen LogP contribution < -0.4 is 15.4 Å². The van der Waals surface area contributed by atoms with Gasteiger partial charge in [0.2, 0.25) is 5.91 Å². The number of fused-ring (bicyclic) bond motifs is 1. The van der Waals surface area contributed by atoms with Crippen LogP contribution in [0.15, 0.2) is 60.7 Å². The number of ether oxygens (including phenoxy) is 2. The molecule has 0 bridgehead atoms. The molecule has 0 radical (unpaired) electrons. The van der Waals surface area contributed by atoms with Gasteiger partial charge in [-0.2, -0.15) is 0 Å². The lowest BCUT2D eigenvalue weighted by atomic mass is 10.0. The molecule has 8 heteroatoms. The highest BCUT2D eigenvalue weighted by molar-refractivity contribution is 6.06. The molecule has 0 saturated carbocycles. The van der Waals surface area contributed by atoms with Crippen molar-refractivity contribution in [3.63, 3.8) is 0 Å². The summed E-state index contributed by atoms with van der Waals surface area (Å²) in [6.45, 7) is -0.859. The maximum absolute atomic E-state index is 12.9. The number of carbonyl (C=O) groups excluding carboxylic acids is 3. The summed E-state index contributed by atoms with van der Waals surface area (Å²) in [5.74, 6) is -1.60. The van der Waals surface area contributed by atoms with Gasteiger partial charge < -0.3 is 20.1 Å². The molecule has 0 aliphatic carbocycles. The third-order valence-corrected chi connectivity index (χ3v) is 4.23. The van der Waals surface area contributed by atoms with Crippen LogP contribution in [0.4, 0.5) is 10.1 Å². The minimum Gasteiger partial charge on any atom is -0.496 e. The Bertz CT molecular complexity index is 1080. The highest BCUT2D eigenvalue weighted by Gasteiger charge is 2.15. The van der Waals surface area contributed by atoms with E-state index in [1.54, 1.807) is 24.3 Å². The predicted molar refractivity (Wildman–Crippen MR) is 109 cm³/mol. The van der Waals surface area contributed by atoms with Gasteiger partial charge in [0.05, 0.1) is 19.2 Å². The average Bonchev–Trinajstić information content (AvgIpc) is 2.76. The molecule has 0 unspecified atom stereocenters. The SMILES string of the molecule is COc1ccc(C(=O)OCC(=O)NCC(=O)Nc2ccc(F)cc2)c2ccccc12. The molecule has 0 aliphatic rings. The monoisotopic (exact) mass is 410 g/mol. The van der Waals surface area contributed by atoms with Gasteiger partial charge >= 0.3 is 5.97 Å². The first-order valence-electron chi connectivity index (χ1n) is 9.03. The molecule has 30 heavy (non-hydrogen) atoms. The van der Waals surface area contributed by atoms with Crippen molar-refractivity contribution in [3.05, 3.63) is 72.0 Å². The molecule has 0 saturated heterocycles. The Morgan fingerprint density at radius 1 is 0.900 bits per heavy atom. The number of rotatable bonds is 7. The van der Waals surface area contributed by atoms with Crippen LogP contribution in [-0.4, -0.2) is 38.0 Å². The smallest absolute Gasteiger partial charge is 0.339 e. The molecule has 3 rings (SSSR count). The number of nitrogens with one attached hydrogen (secondary N) is 2. The van der Waals surface area contributed by atoms with Gasteiger partial charge in [-0.1, -0.05) is 24.3 Å². The van der Waals surface area contributed by atoms with E-state index < -0.39 is 30.2 Å². The molecule has 2 N–H and O–H groups in total. The summed E-state index contributed by atoms with van der Waals surface area (Å²) in [6.07, 6.45) is 0. The molecule has 2 amide bonds. The summed E-state index contributed by atoms with van der Waals surface area (Å²) in [5.41, 5.74) is 0.696. The van der Waals surface area contributed by atoms with E-state index in [4.69, 9.17) is 9.47 Å². The number of carbonyl (C=O) groups is 3. The van der Waals surface area contributed by atoms with Gasteiger partial charge in [-0.25, -0.2) is 9.18 Å². The molecule has 3 aromatic carbocycles. The third-order valence-electron chi connectivity index (χ3n) is 4.23. The van der Waals surface area contributed by atoms with Crippen LogP contribution in [0.2, 0.25) is 0 Å². The molecule has 3 aromatic rings. The Kier molecular flexibility index (Phi) is 6.59. The molecule has 0 heterocycles. The van der Waals surface area contributed by atoms with Crippen molar-refractivity contribution < 1.29 is 28.2 Å². The normalized spacial score (nSPS) is 10.3. The molecular weight excluding hydrogens is 391 g/mol. The van der Waals surface area contributed by atoms with Crippen LogP contribution in [-0.2, 0) is 14.3 Å². The average molecular weight is 410 g/mol. The molecule has 0 spiro atoms. The first kappa shape index (κ1) is 20.8. The number of anilines is 1. The Morgan fingerprint density at radius 3 is 2.30 bits per heavy atom. The second-order valence-electron chi connectivity index (χ2n) is 6.27. The molecule has 7 nitrogen and oxygen atoms in total. The van der Waals surface area contributed by atoms with E-state index in [9.17, 15) is 18.8 Å². The first-order chi connectivity index (χ1) is 14.5. The van der Waals surface area contributed by atoms with E-state index >= 15 is 0 Å². The molecule has 0 fully saturated rings. The topological polar surface area (TPSA) is 93.7 Å². The second kappa shape index (κ2) is 9.51. The zero-order valence-electron chi connectivity index (χ0n) is 16.1. The van der Waals surface area contributed by atoms with Crippen molar-refractivity contribution in [1.29, 1.82) is 0 Å². The van der Waals surface area contributed by atoms with E-state index in [0.29, 0.717) is 22.4 Å². The summed E-state index contributed by atoms with van der Waals surface area (Å²) < 4.78 is 23.2. The zero-order valence-corrected chi connectivity index (χ0v) is 16.1. The summed E-state index contributed by atoms with van der Waals surface area (Å²) in [6, 6.07) is 15.6. The Morgan fingerprint density at radius 2 is 1.60 bits per heavy atom. The number of halogens is 1. The molecule has 0 atom stereocenters. The maximum Gasteiger partial charge on any atom is 0.339 e. The van der Waals surface area contributed by atoms with E-state index in [-0.39, 0.29) is 6.54 Å². The number of esters is 1. The van der Waals surface area contributed by atoms with Gasteiger partial charge in [0.25, 0.3) is 5.91 Å². The van der Waals surface area contributed by atoms with Gasteiger partial charge in [-0.3, -0.25) is 9.59 Å². The van der Waals surface area contributed by atoms with Crippen molar-refractivity contribution in [1.82, 2.24) is 5.32 Å². The second-order valence-corrected chi connectivity index (χ2v) is 6.27. The van der Waals surface area contributed by atoms with E-state index in [0.717, 1.165) is 5.39 Å². The van der Waals surface area contributed by atoms with Gasteiger partial charge in [0, 0.05) is 11.1 Å². The van der Waals surface area contributed by atoms with Crippen LogP contribution in [0.3, 0.4) is 0 Å². The standard InChI is InChI=1S/C22H19FN2O5/c1-29-19-11-10-18(16-4-2-3-5-17(16)19)22(28)30-13-21(27)24-12-20(26)25-15-8-6-14(23)7-9-15/h2-11H,12-13H2,1H3,(H,24,27)(H,25,26). The minimum atomic E-state index is -0.667. The third kappa shape index (κ3) is 5.11. The van der Waals surface area contributed by atoms with Crippen molar-refractivity contribution in [3.8, 4) is 5.75 Å². The number of hydrogen-bond acceptors (Lipinski definition) is 5.